The number of aliphatic hydroxyl groups excluding tert-OH is 3. The van der Waals surface area contributed by atoms with E-state index >= 15 is 0 Å². The second kappa shape index (κ2) is 13.6. The number of benzene rings is 2. The smallest absolute Gasteiger partial charge is 0.247 e. The average Bonchev–Trinajstić information content (AvgIpc) is 3.68. The number of phenols is 1. The Hall–Kier alpha value is -3.62. The lowest BCUT2D eigenvalue weighted by Gasteiger charge is -2.41. The topological polar surface area (TPSA) is 159 Å². The molecule has 0 spiro atoms. The zero-order valence-corrected chi connectivity index (χ0v) is 24.2. The number of ether oxygens (including phenoxy) is 3. The lowest BCUT2D eigenvalue weighted by atomic mass is 9.83. The van der Waals surface area contributed by atoms with Gasteiger partial charge in [0.2, 0.25) is 5.91 Å². The van der Waals surface area contributed by atoms with Gasteiger partial charge in [-0.3, -0.25) is 4.79 Å². The maximum atomic E-state index is 13.4. The van der Waals surface area contributed by atoms with Crippen molar-refractivity contribution in [3.05, 3.63) is 64.7 Å². The molecule has 1 amide bonds. The number of hydrogen-bond donors (Lipinski definition) is 5. The molecule has 3 fully saturated rings. The molecule has 13 heteroatoms. The van der Waals surface area contributed by atoms with Crippen LogP contribution in [0.1, 0.15) is 44.2 Å². The summed E-state index contributed by atoms with van der Waals surface area (Å²) in [5, 5.41) is 48.6. The van der Waals surface area contributed by atoms with Gasteiger partial charge in [-0.1, -0.05) is 17.3 Å². The predicted octanol–water partition coefficient (Wildman–Crippen LogP) is 2.54. The van der Waals surface area contributed by atoms with E-state index in [0.717, 1.165) is 30.7 Å². The number of nitrogens with zero attached hydrogens (tertiary/aromatic N) is 1. The van der Waals surface area contributed by atoms with Gasteiger partial charge in [0.1, 0.15) is 43.9 Å². The Labute approximate surface area is 252 Å². The molecule has 2 aliphatic carbocycles. The molecule has 5 rings (SSSR count). The maximum Gasteiger partial charge on any atom is 0.247 e. The third kappa shape index (κ3) is 7.02. The number of oxime groups is 1. The van der Waals surface area contributed by atoms with Crippen molar-refractivity contribution in [3.63, 3.8) is 0 Å². The van der Waals surface area contributed by atoms with E-state index in [4.69, 9.17) is 19.0 Å². The van der Waals surface area contributed by atoms with Crippen LogP contribution in [0.5, 0.6) is 11.5 Å². The monoisotopic (exact) mass is 618 g/mol. The van der Waals surface area contributed by atoms with E-state index in [1.165, 1.54) is 25.1 Å². The van der Waals surface area contributed by atoms with Crippen LogP contribution >= 0.6 is 0 Å². The van der Waals surface area contributed by atoms with Crippen molar-refractivity contribution in [1.29, 1.82) is 0 Å². The van der Waals surface area contributed by atoms with E-state index in [1.807, 2.05) is 6.92 Å². The van der Waals surface area contributed by atoms with Crippen molar-refractivity contribution >= 4 is 17.7 Å². The maximum absolute atomic E-state index is 13.4. The fourth-order valence-corrected chi connectivity index (χ4v) is 5.78. The third-order valence-corrected chi connectivity index (χ3v) is 8.32. The number of rotatable bonds is 9. The van der Waals surface area contributed by atoms with Gasteiger partial charge in [0.05, 0.1) is 17.9 Å². The molecule has 0 unspecified atom stereocenters. The molecule has 2 aromatic rings. The fourth-order valence-electron chi connectivity index (χ4n) is 5.78. The minimum absolute atomic E-state index is 0.00980. The van der Waals surface area contributed by atoms with E-state index < -0.39 is 54.1 Å². The van der Waals surface area contributed by atoms with Crippen LogP contribution in [0.2, 0.25) is 0 Å². The quantitative estimate of drug-likeness (QED) is 0.162. The molecule has 1 saturated heterocycles. The molecular weight excluding hydrogens is 582 g/mol. The molecule has 1 heterocycles. The van der Waals surface area contributed by atoms with Gasteiger partial charge in [-0.25, -0.2) is 8.78 Å². The van der Waals surface area contributed by atoms with Gasteiger partial charge in [-0.15, -0.1) is 0 Å². The Morgan fingerprint density at radius 1 is 1.02 bits per heavy atom. The molecule has 0 bridgehead atoms. The van der Waals surface area contributed by atoms with Crippen LogP contribution in [0.4, 0.5) is 8.78 Å². The minimum Gasteiger partial charge on any atom is -0.504 e. The number of amides is 1. The number of nitrogens with one attached hydrogen (secondary N) is 1. The van der Waals surface area contributed by atoms with Gasteiger partial charge in [0.15, 0.2) is 23.1 Å². The highest BCUT2D eigenvalue weighted by atomic mass is 19.2. The molecule has 238 valence electrons. The number of phenolic OH excluding ortho intramolecular Hbond substituents is 1. The van der Waals surface area contributed by atoms with Gasteiger partial charge in [0, 0.05) is 11.5 Å². The molecule has 8 atom stereocenters. The Kier molecular flexibility index (Phi) is 9.81. The van der Waals surface area contributed by atoms with Crippen LogP contribution in [0, 0.1) is 17.6 Å². The van der Waals surface area contributed by atoms with Gasteiger partial charge >= 0.3 is 0 Å². The van der Waals surface area contributed by atoms with Crippen LogP contribution in [0.3, 0.4) is 0 Å². The Morgan fingerprint density at radius 3 is 2.50 bits per heavy atom. The highest BCUT2D eigenvalue weighted by Crippen LogP contribution is 2.35. The molecule has 5 N–H and O–H groups in total. The highest BCUT2D eigenvalue weighted by molar-refractivity contribution is 5.97. The van der Waals surface area contributed by atoms with E-state index in [9.17, 15) is 34.0 Å². The zero-order chi connectivity index (χ0) is 31.5. The minimum atomic E-state index is -1.46. The summed E-state index contributed by atoms with van der Waals surface area (Å²) in [5.74, 6) is -2.18. The standard InChI is InChI=1S/C31H36F2N2O9/c1-15(31(40)34-25-26(37)28(39)30-29(27(25)38)41-14-42-30)9-17-4-8-24(23(36)11-17)44-20-6-5-19(12-20)16(2)35-43-13-18-3-7-21(32)22(33)10-18/h3-4,7-11,19-20,25-30,36-39H,5-6,12-14H2,1-2H3,(H,34,40)/b15-9+,35-16+/t19-,20+,25-,26+,27-,28-,29+,30-/m1/s1. The summed E-state index contributed by atoms with van der Waals surface area (Å²) in [7, 11) is 0. The van der Waals surface area contributed by atoms with Crippen molar-refractivity contribution < 1.29 is 53.0 Å². The number of carbonyl (C=O) groups excluding carboxylic acids is 1. The number of aromatic hydroxyl groups is 1. The number of hydrogen-bond acceptors (Lipinski definition) is 10. The third-order valence-electron chi connectivity index (χ3n) is 8.32. The van der Waals surface area contributed by atoms with Crippen molar-refractivity contribution in [2.75, 3.05) is 6.79 Å². The van der Waals surface area contributed by atoms with Crippen LogP contribution in [0.25, 0.3) is 6.08 Å². The molecule has 0 aromatic heterocycles. The number of halogens is 2. The summed E-state index contributed by atoms with van der Waals surface area (Å²) in [5.41, 5.74) is 1.97. The van der Waals surface area contributed by atoms with Crippen molar-refractivity contribution in [2.24, 2.45) is 11.1 Å². The Balaban J connectivity index is 1.13. The molecule has 0 radical (unpaired) electrons. The molecule has 44 heavy (non-hydrogen) atoms. The number of fused-ring (bicyclic) bond motifs is 1. The second-order valence-corrected chi connectivity index (χ2v) is 11.4. The highest BCUT2D eigenvalue weighted by Gasteiger charge is 2.53. The first-order valence-electron chi connectivity index (χ1n) is 14.4. The van der Waals surface area contributed by atoms with Gasteiger partial charge in [-0.05, 0) is 74.6 Å². The van der Waals surface area contributed by atoms with Crippen molar-refractivity contribution in [2.45, 2.75) is 82.4 Å². The summed E-state index contributed by atoms with van der Waals surface area (Å²) in [4.78, 5) is 18.2. The lowest BCUT2D eigenvalue weighted by Crippen LogP contribution is -2.67. The molecular formula is C31H36F2N2O9. The second-order valence-electron chi connectivity index (χ2n) is 11.4. The summed E-state index contributed by atoms with van der Waals surface area (Å²) in [6.07, 6.45) is -2.33. The first kappa shape index (κ1) is 31.8. The summed E-state index contributed by atoms with van der Waals surface area (Å²) < 4.78 is 43.0. The molecule has 3 aliphatic rings. The van der Waals surface area contributed by atoms with Crippen LogP contribution in [-0.2, 0) is 25.7 Å². The summed E-state index contributed by atoms with van der Waals surface area (Å²) >= 11 is 0. The predicted molar refractivity (Wildman–Crippen MR) is 152 cm³/mol. The molecule has 1 aliphatic heterocycles. The normalized spacial score (nSPS) is 30.6. The summed E-state index contributed by atoms with van der Waals surface area (Å²) in [6.45, 7) is 3.25. The van der Waals surface area contributed by atoms with Crippen molar-refractivity contribution in [1.82, 2.24) is 5.32 Å². The first-order valence-corrected chi connectivity index (χ1v) is 14.4. The Morgan fingerprint density at radius 2 is 1.77 bits per heavy atom. The average molecular weight is 619 g/mol. The van der Waals surface area contributed by atoms with Gasteiger partial charge in [-0.2, -0.15) is 0 Å². The largest absolute Gasteiger partial charge is 0.504 e. The van der Waals surface area contributed by atoms with E-state index in [1.54, 1.807) is 12.1 Å². The first-order chi connectivity index (χ1) is 21.0. The van der Waals surface area contributed by atoms with Crippen molar-refractivity contribution in [3.8, 4) is 11.5 Å². The number of aliphatic hydroxyl groups is 3. The van der Waals surface area contributed by atoms with E-state index in [0.29, 0.717) is 17.5 Å². The number of carbonyl (C=O) groups is 1. The van der Waals surface area contributed by atoms with E-state index in [-0.39, 0.29) is 42.5 Å². The van der Waals surface area contributed by atoms with Crippen LogP contribution in [-0.4, -0.2) is 81.5 Å². The SMILES string of the molecule is C/C(=C\c1ccc(O[C@H]2CC[C@@H](/C(C)=N/OCc3ccc(F)c(F)c3)C2)c(O)c1)C(=O)N[C@@H]1[C@H](O)[C@@H](O)[C@H]2OCO[C@H]2[C@@H]1O. The van der Waals surface area contributed by atoms with E-state index in [2.05, 4.69) is 10.5 Å². The zero-order valence-electron chi connectivity index (χ0n) is 24.2. The molecule has 2 aromatic carbocycles. The summed E-state index contributed by atoms with van der Waals surface area (Å²) in [6, 6.07) is 7.11. The van der Waals surface area contributed by atoms with Crippen LogP contribution in [0.15, 0.2) is 47.1 Å². The van der Waals surface area contributed by atoms with Crippen LogP contribution < -0.4 is 10.1 Å². The Bertz CT molecular complexity index is 1420. The fraction of sp³-hybridized carbons (Fsp3) is 0.484. The molecule has 11 nitrogen and oxygen atoms in total. The molecule has 2 saturated carbocycles. The van der Waals surface area contributed by atoms with Gasteiger partial charge in [0.25, 0.3) is 0 Å². The van der Waals surface area contributed by atoms with Gasteiger partial charge < -0.3 is 44.8 Å². The lowest BCUT2D eigenvalue weighted by molar-refractivity contribution is -0.155.